The van der Waals surface area contributed by atoms with Crippen LogP contribution in [0.5, 0.6) is 0 Å². The molecule has 0 amide bonds. The Morgan fingerprint density at radius 1 is 1.25 bits per heavy atom. The standard InChI is InChI=1S/C20H25N3O/c1-16-21-10-13-22(16)12-9-18-7-4-5-11-23(18)15-19-14-17-6-2-3-8-20(17)24-19/h2-3,6,8,10,13-14,18H,4-5,7,9,11-12,15H2,1H3/t18-/m0/s1. The van der Waals surface area contributed by atoms with E-state index in [2.05, 4.69) is 45.8 Å². The van der Waals surface area contributed by atoms with Crippen molar-refractivity contribution in [2.75, 3.05) is 6.54 Å². The summed E-state index contributed by atoms with van der Waals surface area (Å²) in [6.45, 7) is 5.22. The Bertz CT molecular complexity index is 771. The number of fused-ring (bicyclic) bond motifs is 1. The van der Waals surface area contributed by atoms with E-state index in [1.165, 1.54) is 37.6 Å². The number of benzene rings is 1. The molecule has 1 saturated heterocycles. The molecule has 126 valence electrons. The minimum atomic E-state index is 0.633. The maximum absolute atomic E-state index is 6.03. The first-order chi connectivity index (χ1) is 11.8. The van der Waals surface area contributed by atoms with Crippen LogP contribution in [0.25, 0.3) is 11.0 Å². The van der Waals surface area contributed by atoms with E-state index in [4.69, 9.17) is 4.42 Å². The van der Waals surface area contributed by atoms with Crippen molar-refractivity contribution in [3.8, 4) is 0 Å². The van der Waals surface area contributed by atoms with Crippen molar-refractivity contribution in [1.29, 1.82) is 0 Å². The van der Waals surface area contributed by atoms with Gasteiger partial charge >= 0.3 is 0 Å². The summed E-state index contributed by atoms with van der Waals surface area (Å²) in [5.41, 5.74) is 0.995. The van der Waals surface area contributed by atoms with Crippen molar-refractivity contribution in [1.82, 2.24) is 14.5 Å². The normalized spacial score (nSPS) is 19.1. The molecule has 0 aliphatic carbocycles. The van der Waals surface area contributed by atoms with Crippen molar-refractivity contribution in [3.05, 3.63) is 54.3 Å². The van der Waals surface area contributed by atoms with Crippen molar-refractivity contribution in [2.24, 2.45) is 0 Å². The van der Waals surface area contributed by atoms with Gasteiger partial charge in [-0.05, 0) is 44.9 Å². The smallest absolute Gasteiger partial charge is 0.134 e. The first-order valence-corrected chi connectivity index (χ1v) is 8.99. The van der Waals surface area contributed by atoms with Crippen LogP contribution in [0, 0.1) is 6.92 Å². The second kappa shape index (κ2) is 6.81. The summed E-state index contributed by atoms with van der Waals surface area (Å²) < 4.78 is 8.29. The van der Waals surface area contributed by atoms with E-state index in [0.717, 1.165) is 30.3 Å². The van der Waals surface area contributed by atoms with Gasteiger partial charge in [-0.2, -0.15) is 0 Å². The van der Waals surface area contributed by atoms with Gasteiger partial charge in [0, 0.05) is 30.4 Å². The first-order valence-electron chi connectivity index (χ1n) is 8.99. The van der Waals surface area contributed by atoms with Crippen LogP contribution in [0.1, 0.15) is 37.3 Å². The Morgan fingerprint density at radius 2 is 2.17 bits per heavy atom. The SMILES string of the molecule is Cc1nccn1CC[C@@H]1CCCCN1Cc1cc2ccccc2o1. The summed E-state index contributed by atoms with van der Waals surface area (Å²) in [6.07, 6.45) is 9.07. The molecule has 1 aliphatic rings. The molecule has 0 bridgehead atoms. The fourth-order valence-electron chi connectivity index (χ4n) is 3.84. The minimum absolute atomic E-state index is 0.633. The summed E-state index contributed by atoms with van der Waals surface area (Å²) >= 11 is 0. The monoisotopic (exact) mass is 323 g/mol. The lowest BCUT2D eigenvalue weighted by Crippen LogP contribution is -2.39. The molecule has 1 aliphatic heterocycles. The number of hydrogen-bond acceptors (Lipinski definition) is 3. The highest BCUT2D eigenvalue weighted by atomic mass is 16.3. The molecule has 2 aromatic heterocycles. The molecule has 0 N–H and O–H groups in total. The number of para-hydroxylation sites is 1. The number of piperidine rings is 1. The summed E-state index contributed by atoms with van der Waals surface area (Å²) in [4.78, 5) is 6.93. The molecule has 0 unspecified atom stereocenters. The van der Waals surface area contributed by atoms with Crippen LogP contribution in [0.3, 0.4) is 0 Å². The topological polar surface area (TPSA) is 34.2 Å². The van der Waals surface area contributed by atoms with Gasteiger partial charge in [-0.25, -0.2) is 4.98 Å². The fraction of sp³-hybridized carbons (Fsp3) is 0.450. The van der Waals surface area contributed by atoms with Gasteiger partial charge in [-0.15, -0.1) is 0 Å². The number of rotatable bonds is 5. The third-order valence-electron chi connectivity index (χ3n) is 5.21. The van der Waals surface area contributed by atoms with Gasteiger partial charge in [0.1, 0.15) is 17.2 Å². The predicted molar refractivity (Wildman–Crippen MR) is 95.8 cm³/mol. The summed E-state index contributed by atoms with van der Waals surface area (Å²) in [5.74, 6) is 2.19. The highest BCUT2D eigenvalue weighted by molar-refractivity contribution is 5.77. The van der Waals surface area contributed by atoms with Crippen LogP contribution in [0.2, 0.25) is 0 Å². The van der Waals surface area contributed by atoms with E-state index in [-0.39, 0.29) is 0 Å². The van der Waals surface area contributed by atoms with Crippen molar-refractivity contribution < 1.29 is 4.42 Å². The van der Waals surface area contributed by atoms with Gasteiger partial charge in [-0.3, -0.25) is 4.90 Å². The van der Waals surface area contributed by atoms with Gasteiger partial charge in [-0.1, -0.05) is 24.6 Å². The fourth-order valence-corrected chi connectivity index (χ4v) is 3.84. The molecule has 1 fully saturated rings. The van der Waals surface area contributed by atoms with E-state index in [1.54, 1.807) is 0 Å². The minimum Gasteiger partial charge on any atom is -0.460 e. The van der Waals surface area contributed by atoms with Crippen LogP contribution in [-0.4, -0.2) is 27.0 Å². The van der Waals surface area contributed by atoms with Gasteiger partial charge in [0.25, 0.3) is 0 Å². The third-order valence-corrected chi connectivity index (χ3v) is 5.21. The van der Waals surface area contributed by atoms with Crippen molar-refractivity contribution in [2.45, 2.75) is 51.7 Å². The zero-order valence-corrected chi connectivity index (χ0v) is 14.3. The average Bonchev–Trinajstić information content (AvgIpc) is 3.19. The van der Waals surface area contributed by atoms with Crippen LogP contribution in [-0.2, 0) is 13.1 Å². The Balaban J connectivity index is 1.44. The summed E-state index contributed by atoms with van der Waals surface area (Å²) in [6, 6.07) is 11.1. The Labute approximate surface area is 143 Å². The van der Waals surface area contributed by atoms with Crippen LogP contribution >= 0.6 is 0 Å². The highest BCUT2D eigenvalue weighted by Gasteiger charge is 2.23. The van der Waals surface area contributed by atoms with E-state index in [0.29, 0.717) is 6.04 Å². The number of nitrogens with zero attached hydrogens (tertiary/aromatic N) is 3. The molecular formula is C20H25N3O. The van der Waals surface area contributed by atoms with Gasteiger partial charge in [0.05, 0.1) is 6.54 Å². The lowest BCUT2D eigenvalue weighted by Gasteiger charge is -2.35. The molecule has 1 aromatic carbocycles. The number of aromatic nitrogens is 2. The first kappa shape index (κ1) is 15.5. The number of imidazole rings is 1. The van der Waals surface area contributed by atoms with E-state index in [1.807, 2.05) is 18.3 Å². The Kier molecular flexibility index (Phi) is 4.39. The average molecular weight is 323 g/mol. The molecule has 4 heteroatoms. The molecule has 24 heavy (non-hydrogen) atoms. The third kappa shape index (κ3) is 3.24. The van der Waals surface area contributed by atoms with Gasteiger partial charge < -0.3 is 8.98 Å². The number of furan rings is 1. The van der Waals surface area contributed by atoms with Crippen molar-refractivity contribution >= 4 is 11.0 Å². The zero-order valence-electron chi connectivity index (χ0n) is 14.3. The van der Waals surface area contributed by atoms with E-state index < -0.39 is 0 Å². The molecule has 0 saturated carbocycles. The molecule has 3 aromatic rings. The van der Waals surface area contributed by atoms with E-state index >= 15 is 0 Å². The number of aryl methyl sites for hydroxylation is 2. The van der Waals surface area contributed by atoms with E-state index in [9.17, 15) is 0 Å². The lowest BCUT2D eigenvalue weighted by atomic mass is 9.99. The Hall–Kier alpha value is -2.07. The molecule has 0 radical (unpaired) electrons. The zero-order chi connectivity index (χ0) is 16.4. The summed E-state index contributed by atoms with van der Waals surface area (Å²) in [5, 5.41) is 1.20. The van der Waals surface area contributed by atoms with Crippen LogP contribution < -0.4 is 0 Å². The predicted octanol–water partition coefficient (Wildman–Crippen LogP) is 4.38. The molecule has 4 rings (SSSR count). The van der Waals surface area contributed by atoms with Crippen LogP contribution in [0.15, 0.2) is 47.1 Å². The highest BCUT2D eigenvalue weighted by Crippen LogP contribution is 2.25. The lowest BCUT2D eigenvalue weighted by molar-refractivity contribution is 0.120. The second-order valence-corrected chi connectivity index (χ2v) is 6.83. The molecule has 4 nitrogen and oxygen atoms in total. The molecule has 0 spiro atoms. The maximum atomic E-state index is 6.03. The number of likely N-dealkylation sites (tertiary alicyclic amines) is 1. The van der Waals surface area contributed by atoms with Crippen molar-refractivity contribution in [3.63, 3.8) is 0 Å². The molecular weight excluding hydrogens is 298 g/mol. The van der Waals surface area contributed by atoms with Crippen LogP contribution in [0.4, 0.5) is 0 Å². The summed E-state index contributed by atoms with van der Waals surface area (Å²) in [7, 11) is 0. The number of hydrogen-bond donors (Lipinski definition) is 0. The largest absolute Gasteiger partial charge is 0.460 e. The van der Waals surface area contributed by atoms with Gasteiger partial charge in [0.15, 0.2) is 0 Å². The van der Waals surface area contributed by atoms with Gasteiger partial charge in [0.2, 0.25) is 0 Å². The quantitative estimate of drug-likeness (QED) is 0.698. The molecule has 1 atom stereocenters. The second-order valence-electron chi connectivity index (χ2n) is 6.83. The molecule has 3 heterocycles. The maximum Gasteiger partial charge on any atom is 0.134 e. The Morgan fingerprint density at radius 3 is 3.00 bits per heavy atom.